The minimum atomic E-state index is -0.0782. The van der Waals surface area contributed by atoms with Gasteiger partial charge in [-0.05, 0) is 30.7 Å². The fourth-order valence-electron chi connectivity index (χ4n) is 1.57. The number of carbonyl (C=O) groups excluding carboxylic acids is 1. The maximum absolute atomic E-state index is 12.0. The van der Waals surface area contributed by atoms with E-state index in [1.54, 1.807) is 4.90 Å². The molecule has 1 N–H and O–H groups in total. The summed E-state index contributed by atoms with van der Waals surface area (Å²) in [4.78, 5) is 13.7. The van der Waals surface area contributed by atoms with Gasteiger partial charge in [-0.2, -0.15) is 0 Å². The number of anilines is 1. The van der Waals surface area contributed by atoms with E-state index in [4.69, 9.17) is 5.11 Å². The summed E-state index contributed by atoms with van der Waals surface area (Å²) < 4.78 is 1.02. The summed E-state index contributed by atoms with van der Waals surface area (Å²) in [5.41, 5.74) is 1.90. The van der Waals surface area contributed by atoms with Crippen LogP contribution in [0.1, 0.15) is 19.4 Å². The molecule has 1 rings (SSSR count). The van der Waals surface area contributed by atoms with Crippen LogP contribution >= 0.6 is 15.9 Å². The lowest BCUT2D eigenvalue weighted by atomic mass is 10.1. The molecule has 0 radical (unpaired) electrons. The largest absolute Gasteiger partial charge is 0.395 e. The van der Waals surface area contributed by atoms with Crippen molar-refractivity contribution < 1.29 is 9.90 Å². The average molecular weight is 300 g/mol. The van der Waals surface area contributed by atoms with Gasteiger partial charge in [-0.25, -0.2) is 0 Å². The fourth-order valence-corrected chi connectivity index (χ4v) is 1.82. The lowest BCUT2D eigenvalue weighted by molar-refractivity contribution is -0.121. The van der Waals surface area contributed by atoms with Crippen molar-refractivity contribution in [3.8, 4) is 0 Å². The minimum Gasteiger partial charge on any atom is -0.395 e. The first kappa shape index (κ1) is 14.2. The quantitative estimate of drug-likeness (QED) is 0.929. The third-order valence-corrected chi connectivity index (χ3v) is 3.43. The molecule has 0 saturated carbocycles. The van der Waals surface area contributed by atoms with Crippen LogP contribution in [0.5, 0.6) is 0 Å². The summed E-state index contributed by atoms with van der Waals surface area (Å²) in [6.07, 6.45) is 0. The van der Waals surface area contributed by atoms with Gasteiger partial charge in [-0.15, -0.1) is 0 Å². The van der Waals surface area contributed by atoms with Gasteiger partial charge in [-0.1, -0.05) is 29.8 Å². The van der Waals surface area contributed by atoms with Gasteiger partial charge >= 0.3 is 0 Å². The molecule has 0 aromatic heterocycles. The van der Waals surface area contributed by atoms with E-state index in [9.17, 15) is 4.79 Å². The molecule has 0 spiro atoms. The number of benzene rings is 1. The lowest BCUT2D eigenvalue weighted by Gasteiger charge is -2.24. The smallest absolute Gasteiger partial charge is 0.229 e. The van der Waals surface area contributed by atoms with Crippen LogP contribution in [0.3, 0.4) is 0 Å². The molecule has 0 unspecified atom stereocenters. The van der Waals surface area contributed by atoms with Crippen molar-refractivity contribution in [1.29, 1.82) is 0 Å². The summed E-state index contributed by atoms with van der Waals surface area (Å²) in [6.45, 7) is 5.99. The second-order valence-corrected chi connectivity index (χ2v) is 5.16. The zero-order valence-electron chi connectivity index (χ0n) is 10.4. The number of halogens is 1. The summed E-state index contributed by atoms with van der Waals surface area (Å²) >= 11 is 3.43. The van der Waals surface area contributed by atoms with Crippen LogP contribution in [0.15, 0.2) is 22.7 Å². The van der Waals surface area contributed by atoms with Crippen molar-refractivity contribution in [2.75, 3.05) is 18.1 Å². The normalized spacial score (nSPS) is 10.7. The van der Waals surface area contributed by atoms with Gasteiger partial charge in [0.2, 0.25) is 5.91 Å². The highest BCUT2D eigenvalue weighted by molar-refractivity contribution is 9.10. The van der Waals surface area contributed by atoms with Crippen LogP contribution in [0, 0.1) is 12.8 Å². The Kier molecular flexibility index (Phi) is 5.15. The van der Waals surface area contributed by atoms with E-state index in [2.05, 4.69) is 15.9 Å². The maximum Gasteiger partial charge on any atom is 0.229 e. The Morgan fingerprint density at radius 2 is 2.12 bits per heavy atom. The Morgan fingerprint density at radius 3 is 2.59 bits per heavy atom. The van der Waals surface area contributed by atoms with E-state index in [1.807, 2.05) is 39.0 Å². The molecule has 1 aromatic carbocycles. The first-order valence-electron chi connectivity index (χ1n) is 5.65. The highest BCUT2D eigenvalue weighted by atomic mass is 79.9. The highest BCUT2D eigenvalue weighted by Gasteiger charge is 2.18. The zero-order valence-corrected chi connectivity index (χ0v) is 12.0. The summed E-state index contributed by atoms with van der Waals surface area (Å²) in [7, 11) is 0. The third kappa shape index (κ3) is 3.54. The molecule has 1 amide bonds. The Morgan fingerprint density at radius 1 is 1.47 bits per heavy atom. The average Bonchev–Trinajstić information content (AvgIpc) is 2.29. The molecule has 0 bridgehead atoms. The van der Waals surface area contributed by atoms with Crippen molar-refractivity contribution in [2.45, 2.75) is 20.8 Å². The number of aliphatic hydroxyl groups is 1. The predicted molar refractivity (Wildman–Crippen MR) is 73.2 cm³/mol. The van der Waals surface area contributed by atoms with Gasteiger partial charge in [0, 0.05) is 22.6 Å². The van der Waals surface area contributed by atoms with Gasteiger partial charge in [-0.3, -0.25) is 4.79 Å². The SMILES string of the molecule is Cc1cc(N(CCO)C(=O)C(C)C)ccc1Br. The van der Waals surface area contributed by atoms with Gasteiger partial charge in [0.25, 0.3) is 0 Å². The van der Waals surface area contributed by atoms with Crippen molar-refractivity contribution >= 4 is 27.5 Å². The van der Waals surface area contributed by atoms with Gasteiger partial charge < -0.3 is 10.0 Å². The second-order valence-electron chi connectivity index (χ2n) is 4.30. The van der Waals surface area contributed by atoms with Crippen molar-refractivity contribution in [2.24, 2.45) is 5.92 Å². The number of amides is 1. The Bertz CT molecular complexity index is 404. The van der Waals surface area contributed by atoms with E-state index in [0.29, 0.717) is 6.54 Å². The summed E-state index contributed by atoms with van der Waals surface area (Å²) in [6, 6.07) is 5.75. The molecule has 0 atom stereocenters. The predicted octanol–water partition coefficient (Wildman–Crippen LogP) is 2.74. The molecule has 0 aliphatic rings. The van der Waals surface area contributed by atoms with Crippen LogP contribution in [0.2, 0.25) is 0 Å². The third-order valence-electron chi connectivity index (χ3n) is 2.54. The molecule has 0 heterocycles. The topological polar surface area (TPSA) is 40.5 Å². The van der Waals surface area contributed by atoms with E-state index in [0.717, 1.165) is 15.7 Å². The number of aryl methyl sites for hydroxylation is 1. The molecule has 0 fully saturated rings. The maximum atomic E-state index is 12.0. The molecule has 1 aromatic rings. The number of hydrogen-bond acceptors (Lipinski definition) is 2. The van der Waals surface area contributed by atoms with Crippen LogP contribution in [0.25, 0.3) is 0 Å². The fraction of sp³-hybridized carbons (Fsp3) is 0.462. The summed E-state index contributed by atoms with van der Waals surface area (Å²) in [5.74, 6) is -0.0497. The van der Waals surface area contributed by atoms with Gasteiger partial charge in [0.1, 0.15) is 0 Å². The Hall–Kier alpha value is -0.870. The van der Waals surface area contributed by atoms with Crippen LogP contribution in [-0.2, 0) is 4.79 Å². The standard InChI is InChI=1S/C13H18BrNO2/c1-9(2)13(17)15(6-7-16)11-4-5-12(14)10(3)8-11/h4-5,8-9,16H,6-7H2,1-3H3. The number of aliphatic hydroxyl groups excluding tert-OH is 1. The van der Waals surface area contributed by atoms with Crippen LogP contribution < -0.4 is 4.90 Å². The van der Waals surface area contributed by atoms with Crippen LogP contribution in [-0.4, -0.2) is 24.2 Å². The zero-order chi connectivity index (χ0) is 13.0. The van der Waals surface area contributed by atoms with Crippen LogP contribution in [0.4, 0.5) is 5.69 Å². The molecular formula is C13H18BrNO2. The van der Waals surface area contributed by atoms with Gasteiger partial charge in [0.15, 0.2) is 0 Å². The first-order valence-corrected chi connectivity index (χ1v) is 6.45. The number of rotatable bonds is 4. The van der Waals surface area contributed by atoms with E-state index < -0.39 is 0 Å². The minimum absolute atomic E-state index is 0.0285. The Labute approximate surface area is 111 Å². The Balaban J connectivity index is 3.05. The van der Waals surface area contributed by atoms with E-state index in [1.165, 1.54) is 0 Å². The monoisotopic (exact) mass is 299 g/mol. The first-order chi connectivity index (χ1) is 7.97. The number of carbonyl (C=O) groups is 1. The molecule has 0 aliphatic heterocycles. The number of hydrogen-bond donors (Lipinski definition) is 1. The van der Waals surface area contributed by atoms with E-state index >= 15 is 0 Å². The van der Waals surface area contributed by atoms with E-state index in [-0.39, 0.29) is 18.4 Å². The molecule has 0 aliphatic carbocycles. The molecule has 0 saturated heterocycles. The van der Waals surface area contributed by atoms with Crippen molar-refractivity contribution in [3.63, 3.8) is 0 Å². The van der Waals surface area contributed by atoms with Crippen molar-refractivity contribution in [1.82, 2.24) is 0 Å². The highest BCUT2D eigenvalue weighted by Crippen LogP contribution is 2.23. The van der Waals surface area contributed by atoms with Crippen molar-refractivity contribution in [3.05, 3.63) is 28.2 Å². The lowest BCUT2D eigenvalue weighted by Crippen LogP contribution is -2.36. The molecule has 3 nitrogen and oxygen atoms in total. The second kappa shape index (κ2) is 6.17. The molecule has 94 valence electrons. The summed E-state index contributed by atoms with van der Waals surface area (Å²) in [5, 5.41) is 9.05. The molecule has 17 heavy (non-hydrogen) atoms. The van der Waals surface area contributed by atoms with Gasteiger partial charge in [0.05, 0.1) is 6.61 Å². The molecule has 4 heteroatoms. The number of nitrogens with zero attached hydrogens (tertiary/aromatic N) is 1. The molecular weight excluding hydrogens is 282 g/mol.